The lowest BCUT2D eigenvalue weighted by atomic mass is 10.0. The molecule has 3 heterocycles. The third kappa shape index (κ3) is 4.36. The Morgan fingerprint density at radius 2 is 2.04 bits per heavy atom. The summed E-state index contributed by atoms with van der Waals surface area (Å²) < 4.78 is 11.0. The molecule has 1 aromatic rings. The molecule has 0 saturated carbocycles. The Balaban J connectivity index is 1.55. The molecule has 0 N–H and O–H groups in total. The number of nitrogens with zero attached hydrogens (tertiary/aromatic N) is 3. The zero-order valence-electron chi connectivity index (χ0n) is 14.9. The van der Waals surface area contributed by atoms with Gasteiger partial charge >= 0.3 is 0 Å². The van der Waals surface area contributed by atoms with Crippen LogP contribution < -0.4 is 0 Å². The van der Waals surface area contributed by atoms with Crippen molar-refractivity contribution < 1.29 is 14.1 Å². The van der Waals surface area contributed by atoms with Gasteiger partial charge in [0.05, 0.1) is 18.3 Å². The van der Waals surface area contributed by atoms with Crippen LogP contribution in [0.2, 0.25) is 0 Å². The first-order valence-corrected chi connectivity index (χ1v) is 9.11. The van der Waals surface area contributed by atoms with Crippen molar-refractivity contribution in [2.75, 3.05) is 39.8 Å². The number of hydrogen-bond acceptors (Lipinski definition) is 5. The number of hydrogen-bond donors (Lipinski definition) is 0. The van der Waals surface area contributed by atoms with E-state index in [9.17, 15) is 4.79 Å². The number of aromatic nitrogens is 1. The van der Waals surface area contributed by atoms with Crippen molar-refractivity contribution >= 4 is 5.91 Å². The van der Waals surface area contributed by atoms with Gasteiger partial charge in [0.1, 0.15) is 5.76 Å². The van der Waals surface area contributed by atoms with Crippen LogP contribution in [0.15, 0.2) is 10.6 Å². The van der Waals surface area contributed by atoms with Gasteiger partial charge in [-0.3, -0.25) is 9.69 Å². The summed E-state index contributed by atoms with van der Waals surface area (Å²) in [4.78, 5) is 17.0. The predicted octanol–water partition coefficient (Wildman–Crippen LogP) is 1.87. The van der Waals surface area contributed by atoms with Crippen LogP contribution in [0.25, 0.3) is 0 Å². The van der Waals surface area contributed by atoms with Crippen LogP contribution >= 0.6 is 0 Å². The average Bonchev–Trinajstić information content (AvgIpc) is 3.07. The summed E-state index contributed by atoms with van der Waals surface area (Å²) in [6.45, 7) is 5.99. The molecule has 0 unspecified atom stereocenters. The summed E-state index contributed by atoms with van der Waals surface area (Å²) in [5.74, 6) is 1.38. The number of aryl methyl sites for hydroxylation is 1. The SMILES string of the molecule is CO[C@H]1CN(C(=O)CN2CCCCCC2)C[C@H]1Cc1cc(C)no1. The second-order valence-electron chi connectivity index (χ2n) is 7.16. The molecule has 2 saturated heterocycles. The van der Waals surface area contributed by atoms with Gasteiger partial charge in [-0.05, 0) is 32.9 Å². The molecule has 6 nitrogen and oxygen atoms in total. The fraction of sp³-hybridized carbons (Fsp3) is 0.778. The minimum Gasteiger partial charge on any atom is -0.379 e. The van der Waals surface area contributed by atoms with Gasteiger partial charge in [0.15, 0.2) is 0 Å². The Morgan fingerprint density at radius 3 is 2.67 bits per heavy atom. The molecule has 24 heavy (non-hydrogen) atoms. The van der Waals surface area contributed by atoms with Crippen molar-refractivity contribution in [2.45, 2.75) is 45.1 Å². The highest BCUT2D eigenvalue weighted by Gasteiger charge is 2.36. The highest BCUT2D eigenvalue weighted by Crippen LogP contribution is 2.24. The minimum atomic E-state index is 0.0727. The summed E-state index contributed by atoms with van der Waals surface area (Å²) >= 11 is 0. The second-order valence-corrected chi connectivity index (χ2v) is 7.16. The van der Waals surface area contributed by atoms with Crippen LogP contribution in [0.4, 0.5) is 0 Å². The van der Waals surface area contributed by atoms with Crippen molar-refractivity contribution in [2.24, 2.45) is 5.92 Å². The van der Waals surface area contributed by atoms with Crippen LogP contribution in [0.5, 0.6) is 0 Å². The molecule has 1 aromatic heterocycles. The van der Waals surface area contributed by atoms with E-state index in [0.717, 1.165) is 37.5 Å². The zero-order valence-corrected chi connectivity index (χ0v) is 14.9. The number of ether oxygens (including phenoxy) is 1. The largest absolute Gasteiger partial charge is 0.379 e. The van der Waals surface area contributed by atoms with Crippen LogP contribution in [-0.4, -0.2) is 66.8 Å². The third-order valence-electron chi connectivity index (χ3n) is 5.23. The summed E-state index contributed by atoms with van der Waals surface area (Å²) in [5.41, 5.74) is 0.894. The molecule has 2 aliphatic rings. The first kappa shape index (κ1) is 17.4. The van der Waals surface area contributed by atoms with Gasteiger partial charge in [-0.15, -0.1) is 0 Å². The third-order valence-corrected chi connectivity index (χ3v) is 5.23. The maximum atomic E-state index is 12.7. The standard InChI is InChI=1S/C18H29N3O3/c1-14-9-16(24-19-14)10-15-11-21(12-17(15)23-2)18(22)13-20-7-5-3-4-6-8-20/h9,15,17H,3-8,10-13H2,1-2H3/t15-,17+/m1/s1. The molecule has 3 rings (SSSR count). The van der Waals surface area contributed by atoms with Crippen molar-refractivity contribution in [3.63, 3.8) is 0 Å². The molecule has 1 amide bonds. The fourth-order valence-electron chi connectivity index (χ4n) is 3.86. The average molecular weight is 335 g/mol. The molecule has 2 atom stereocenters. The van der Waals surface area contributed by atoms with Gasteiger partial charge in [-0.1, -0.05) is 18.0 Å². The van der Waals surface area contributed by atoms with Crippen LogP contribution in [0, 0.1) is 12.8 Å². The molecule has 0 aromatic carbocycles. The Bertz CT molecular complexity index is 537. The van der Waals surface area contributed by atoms with E-state index in [1.165, 1.54) is 25.7 Å². The molecule has 6 heteroatoms. The maximum Gasteiger partial charge on any atom is 0.236 e. The highest BCUT2D eigenvalue weighted by molar-refractivity contribution is 5.78. The number of carbonyl (C=O) groups excluding carboxylic acids is 1. The molecule has 0 aliphatic carbocycles. The van der Waals surface area contributed by atoms with Crippen molar-refractivity contribution in [3.05, 3.63) is 17.5 Å². The van der Waals surface area contributed by atoms with E-state index in [0.29, 0.717) is 13.1 Å². The minimum absolute atomic E-state index is 0.0727. The smallest absolute Gasteiger partial charge is 0.236 e. The first-order valence-electron chi connectivity index (χ1n) is 9.11. The number of carbonyl (C=O) groups is 1. The number of amides is 1. The highest BCUT2D eigenvalue weighted by atomic mass is 16.5. The topological polar surface area (TPSA) is 58.8 Å². The van der Waals surface area contributed by atoms with Gasteiger partial charge in [0.2, 0.25) is 5.91 Å². The lowest BCUT2D eigenvalue weighted by Gasteiger charge is -2.23. The monoisotopic (exact) mass is 335 g/mol. The molecule has 134 valence electrons. The number of methoxy groups -OCH3 is 1. The predicted molar refractivity (Wildman–Crippen MR) is 90.7 cm³/mol. The fourth-order valence-corrected chi connectivity index (χ4v) is 3.86. The van der Waals surface area contributed by atoms with E-state index in [1.54, 1.807) is 7.11 Å². The summed E-state index contributed by atoms with van der Waals surface area (Å²) in [7, 11) is 1.73. The molecule has 0 spiro atoms. The van der Waals surface area contributed by atoms with Gasteiger partial charge in [0.25, 0.3) is 0 Å². The zero-order chi connectivity index (χ0) is 16.9. The Labute approximate surface area is 144 Å². The molecule has 0 radical (unpaired) electrons. The van der Waals surface area contributed by atoms with E-state index >= 15 is 0 Å². The lowest BCUT2D eigenvalue weighted by molar-refractivity contribution is -0.131. The van der Waals surface area contributed by atoms with E-state index in [-0.39, 0.29) is 17.9 Å². The van der Waals surface area contributed by atoms with Crippen LogP contribution in [0.3, 0.4) is 0 Å². The summed E-state index contributed by atoms with van der Waals surface area (Å²) in [6, 6.07) is 1.97. The van der Waals surface area contributed by atoms with E-state index < -0.39 is 0 Å². The Morgan fingerprint density at radius 1 is 1.29 bits per heavy atom. The van der Waals surface area contributed by atoms with E-state index in [1.807, 2.05) is 17.9 Å². The van der Waals surface area contributed by atoms with Gasteiger partial charge in [-0.2, -0.15) is 0 Å². The van der Waals surface area contributed by atoms with Crippen molar-refractivity contribution in [1.82, 2.24) is 15.0 Å². The molecule has 2 fully saturated rings. The second kappa shape index (κ2) is 8.12. The maximum absolute atomic E-state index is 12.7. The summed E-state index contributed by atoms with van der Waals surface area (Å²) in [6.07, 6.45) is 5.84. The van der Waals surface area contributed by atoms with Crippen LogP contribution in [-0.2, 0) is 16.0 Å². The van der Waals surface area contributed by atoms with Crippen LogP contribution in [0.1, 0.15) is 37.1 Å². The van der Waals surface area contributed by atoms with Crippen molar-refractivity contribution in [3.8, 4) is 0 Å². The quantitative estimate of drug-likeness (QED) is 0.822. The first-order chi connectivity index (χ1) is 11.7. The Kier molecular flexibility index (Phi) is 5.89. The lowest BCUT2D eigenvalue weighted by Crippen LogP contribution is -2.40. The molecule has 2 aliphatic heterocycles. The Hall–Kier alpha value is -1.40. The summed E-state index contributed by atoms with van der Waals surface area (Å²) in [5, 5.41) is 3.95. The number of rotatable bonds is 5. The van der Waals surface area contributed by atoms with E-state index in [2.05, 4.69) is 10.1 Å². The van der Waals surface area contributed by atoms with Gasteiger partial charge < -0.3 is 14.2 Å². The van der Waals surface area contributed by atoms with E-state index in [4.69, 9.17) is 9.26 Å². The molecular formula is C18H29N3O3. The normalized spacial score (nSPS) is 25.8. The van der Waals surface area contributed by atoms with Crippen molar-refractivity contribution in [1.29, 1.82) is 0 Å². The van der Waals surface area contributed by atoms with Gasteiger partial charge in [0, 0.05) is 38.6 Å². The molecule has 0 bridgehead atoms. The van der Waals surface area contributed by atoms with Gasteiger partial charge in [-0.25, -0.2) is 0 Å². The number of likely N-dealkylation sites (tertiary alicyclic amines) is 2. The molecular weight excluding hydrogens is 306 g/mol.